The van der Waals surface area contributed by atoms with E-state index < -0.39 is 0 Å². The minimum Gasteiger partial charge on any atom is -0.296 e. The fourth-order valence-corrected chi connectivity index (χ4v) is 2.81. The number of amides is 1. The molecule has 4 nitrogen and oxygen atoms in total. The highest BCUT2D eigenvalue weighted by molar-refractivity contribution is 7.15. The Kier molecular flexibility index (Phi) is 5.09. The van der Waals surface area contributed by atoms with E-state index in [1.54, 1.807) is 12.1 Å². The molecule has 0 spiro atoms. The lowest BCUT2D eigenvalue weighted by atomic mass is 10.1. The highest BCUT2D eigenvalue weighted by atomic mass is 35.5. The quantitative estimate of drug-likeness (QED) is 0.856. The Labute approximate surface area is 127 Å². The molecule has 0 saturated carbocycles. The maximum Gasteiger partial charge on any atom is 0.257 e. The van der Waals surface area contributed by atoms with Gasteiger partial charge in [-0.05, 0) is 23.6 Å². The number of aromatic nitrogens is 2. The van der Waals surface area contributed by atoms with Gasteiger partial charge in [0, 0.05) is 17.9 Å². The summed E-state index contributed by atoms with van der Waals surface area (Å²) in [5, 5.41) is 12.3. The van der Waals surface area contributed by atoms with Crippen molar-refractivity contribution in [3.63, 3.8) is 0 Å². The topological polar surface area (TPSA) is 54.9 Å². The average molecular weight is 310 g/mol. The van der Waals surface area contributed by atoms with Crippen molar-refractivity contribution in [3.05, 3.63) is 40.4 Å². The lowest BCUT2D eigenvalue weighted by Crippen LogP contribution is -2.11. The number of nitrogens with zero attached hydrogens (tertiary/aromatic N) is 2. The van der Waals surface area contributed by atoms with Gasteiger partial charge in [-0.15, -0.1) is 21.8 Å². The zero-order chi connectivity index (χ0) is 14.5. The largest absolute Gasteiger partial charge is 0.296 e. The summed E-state index contributed by atoms with van der Waals surface area (Å²) in [4.78, 5) is 12.1. The Hall–Kier alpha value is -1.46. The number of rotatable bonds is 5. The monoisotopic (exact) mass is 309 g/mol. The van der Waals surface area contributed by atoms with Crippen LogP contribution in [0.15, 0.2) is 24.3 Å². The van der Waals surface area contributed by atoms with E-state index in [1.165, 1.54) is 11.3 Å². The summed E-state index contributed by atoms with van der Waals surface area (Å²) in [6.45, 7) is 4.24. The van der Waals surface area contributed by atoms with Crippen molar-refractivity contribution in [2.45, 2.75) is 26.1 Å². The second-order valence-electron chi connectivity index (χ2n) is 4.89. The van der Waals surface area contributed by atoms with Gasteiger partial charge in [0.05, 0.1) is 0 Å². The second kappa shape index (κ2) is 6.81. The molecule has 0 aliphatic rings. The highest BCUT2D eigenvalue weighted by Gasteiger charge is 2.11. The molecule has 1 amide bonds. The molecule has 0 fully saturated rings. The molecular weight excluding hydrogens is 294 g/mol. The molecule has 106 valence electrons. The number of hydrogen-bond acceptors (Lipinski definition) is 4. The molecule has 0 saturated heterocycles. The van der Waals surface area contributed by atoms with Gasteiger partial charge < -0.3 is 0 Å². The molecule has 6 heteroatoms. The normalized spacial score (nSPS) is 10.8. The molecule has 1 heterocycles. The van der Waals surface area contributed by atoms with Crippen molar-refractivity contribution in [1.29, 1.82) is 0 Å². The Morgan fingerprint density at radius 2 is 2.20 bits per heavy atom. The van der Waals surface area contributed by atoms with E-state index in [-0.39, 0.29) is 5.91 Å². The molecule has 0 radical (unpaired) electrons. The number of hydrogen-bond donors (Lipinski definition) is 1. The zero-order valence-corrected chi connectivity index (χ0v) is 13.0. The van der Waals surface area contributed by atoms with Crippen LogP contribution in [0.3, 0.4) is 0 Å². The Bertz CT molecular complexity index is 598. The number of alkyl halides is 1. The van der Waals surface area contributed by atoms with Gasteiger partial charge in [-0.3, -0.25) is 10.1 Å². The van der Waals surface area contributed by atoms with Gasteiger partial charge in [0.2, 0.25) is 5.13 Å². The predicted octanol–water partition coefficient (Wildman–Crippen LogP) is 3.73. The molecule has 0 aliphatic carbocycles. The second-order valence-corrected chi connectivity index (χ2v) is 6.22. The highest BCUT2D eigenvalue weighted by Crippen LogP contribution is 2.19. The first-order valence-electron chi connectivity index (χ1n) is 6.37. The molecule has 0 aliphatic heterocycles. The van der Waals surface area contributed by atoms with Crippen LogP contribution in [0.2, 0.25) is 0 Å². The van der Waals surface area contributed by atoms with E-state index in [0.29, 0.717) is 22.5 Å². The number of benzene rings is 1. The number of carbonyl (C=O) groups is 1. The number of anilines is 1. The van der Waals surface area contributed by atoms with Crippen LogP contribution in [-0.4, -0.2) is 16.1 Å². The van der Waals surface area contributed by atoms with Crippen molar-refractivity contribution in [3.8, 4) is 0 Å². The van der Waals surface area contributed by atoms with E-state index in [1.807, 2.05) is 12.1 Å². The summed E-state index contributed by atoms with van der Waals surface area (Å²) < 4.78 is 0. The summed E-state index contributed by atoms with van der Waals surface area (Å²) in [5.41, 5.74) is 1.49. The Morgan fingerprint density at radius 3 is 2.90 bits per heavy atom. The summed E-state index contributed by atoms with van der Waals surface area (Å²) in [5.74, 6) is 0.717. The van der Waals surface area contributed by atoms with Crippen molar-refractivity contribution < 1.29 is 4.79 Å². The number of carbonyl (C=O) groups excluding carboxylic acids is 1. The first kappa shape index (κ1) is 14.9. The molecule has 1 aromatic carbocycles. The van der Waals surface area contributed by atoms with Crippen LogP contribution >= 0.6 is 22.9 Å². The van der Waals surface area contributed by atoms with Crippen LogP contribution in [0.25, 0.3) is 0 Å². The van der Waals surface area contributed by atoms with E-state index in [0.717, 1.165) is 17.0 Å². The van der Waals surface area contributed by atoms with Crippen molar-refractivity contribution in [2.75, 3.05) is 5.32 Å². The predicted molar refractivity (Wildman–Crippen MR) is 82.4 cm³/mol. The lowest BCUT2D eigenvalue weighted by Gasteiger charge is -2.02. The lowest BCUT2D eigenvalue weighted by molar-refractivity contribution is 0.102. The number of halogens is 1. The van der Waals surface area contributed by atoms with E-state index >= 15 is 0 Å². The molecule has 0 bridgehead atoms. The molecule has 20 heavy (non-hydrogen) atoms. The van der Waals surface area contributed by atoms with Gasteiger partial charge in [0.1, 0.15) is 5.01 Å². The molecule has 0 atom stereocenters. The van der Waals surface area contributed by atoms with Crippen molar-refractivity contribution in [2.24, 2.45) is 5.92 Å². The van der Waals surface area contributed by atoms with Gasteiger partial charge in [0.15, 0.2) is 0 Å². The van der Waals surface area contributed by atoms with Crippen molar-refractivity contribution in [1.82, 2.24) is 10.2 Å². The minimum absolute atomic E-state index is 0.191. The summed E-state index contributed by atoms with van der Waals surface area (Å²) in [6, 6.07) is 7.23. The zero-order valence-electron chi connectivity index (χ0n) is 11.4. The van der Waals surface area contributed by atoms with Crippen LogP contribution in [0.1, 0.15) is 34.8 Å². The van der Waals surface area contributed by atoms with Gasteiger partial charge in [0.25, 0.3) is 5.91 Å². The first-order valence-corrected chi connectivity index (χ1v) is 7.72. The summed E-state index contributed by atoms with van der Waals surface area (Å²) >= 11 is 7.18. The van der Waals surface area contributed by atoms with E-state index in [9.17, 15) is 4.79 Å². The van der Waals surface area contributed by atoms with Gasteiger partial charge in [-0.1, -0.05) is 37.3 Å². The van der Waals surface area contributed by atoms with E-state index in [4.69, 9.17) is 11.6 Å². The molecule has 2 aromatic rings. The fraction of sp³-hybridized carbons (Fsp3) is 0.357. The summed E-state index contributed by atoms with van der Waals surface area (Å²) in [6.07, 6.45) is 0.870. The first-order chi connectivity index (χ1) is 9.58. The van der Waals surface area contributed by atoms with Crippen molar-refractivity contribution >= 4 is 34.0 Å². The van der Waals surface area contributed by atoms with Crippen LogP contribution in [0, 0.1) is 5.92 Å². The van der Waals surface area contributed by atoms with Gasteiger partial charge >= 0.3 is 0 Å². The fourth-order valence-electron chi connectivity index (χ4n) is 1.70. The number of nitrogens with one attached hydrogen (secondary N) is 1. The Morgan fingerprint density at radius 1 is 1.40 bits per heavy atom. The third-order valence-corrected chi connectivity index (χ3v) is 3.78. The van der Waals surface area contributed by atoms with Gasteiger partial charge in [-0.25, -0.2) is 0 Å². The molecule has 1 aromatic heterocycles. The molecule has 2 rings (SSSR count). The molecular formula is C14H16ClN3OS. The van der Waals surface area contributed by atoms with Crippen LogP contribution in [-0.2, 0) is 12.3 Å². The SMILES string of the molecule is CC(C)Cc1nnc(NC(=O)c2cccc(CCl)c2)s1. The molecule has 0 unspecified atom stereocenters. The van der Waals surface area contributed by atoms with E-state index in [2.05, 4.69) is 29.4 Å². The Balaban J connectivity index is 2.05. The van der Waals surface area contributed by atoms with Crippen LogP contribution < -0.4 is 5.32 Å². The standard InChI is InChI=1S/C14H16ClN3OS/c1-9(2)6-12-17-18-14(20-12)16-13(19)11-5-3-4-10(7-11)8-15/h3-5,7,9H,6,8H2,1-2H3,(H,16,18,19). The molecule has 1 N–H and O–H groups in total. The van der Waals surface area contributed by atoms with Crippen LogP contribution in [0.5, 0.6) is 0 Å². The smallest absolute Gasteiger partial charge is 0.257 e. The average Bonchev–Trinajstić information content (AvgIpc) is 2.85. The maximum atomic E-state index is 12.1. The third kappa shape index (κ3) is 4.02. The van der Waals surface area contributed by atoms with Crippen LogP contribution in [0.4, 0.5) is 5.13 Å². The maximum absolute atomic E-state index is 12.1. The third-order valence-electron chi connectivity index (χ3n) is 2.61. The summed E-state index contributed by atoms with van der Waals surface area (Å²) in [7, 11) is 0. The minimum atomic E-state index is -0.191. The van der Waals surface area contributed by atoms with Gasteiger partial charge in [-0.2, -0.15) is 0 Å².